The van der Waals surface area contributed by atoms with Gasteiger partial charge in [-0.25, -0.2) is 14.8 Å². The van der Waals surface area contributed by atoms with Crippen LogP contribution in [0.3, 0.4) is 0 Å². The molecular formula is C40H45N5O2Zn. The summed E-state index contributed by atoms with van der Waals surface area (Å²) in [6.07, 6.45) is 21.1. The van der Waals surface area contributed by atoms with E-state index in [0.717, 1.165) is 139 Å². The quantitative estimate of drug-likeness (QED) is 0.0701. The Morgan fingerprint density at radius 3 is 1.54 bits per heavy atom. The fourth-order valence-corrected chi connectivity index (χ4v) is 6.28. The number of aryl methyl sites for hydroxylation is 4. The number of rotatable bonds is 14. The summed E-state index contributed by atoms with van der Waals surface area (Å²) in [4.78, 5) is 32.9. The Morgan fingerprint density at radius 2 is 1.12 bits per heavy atom. The van der Waals surface area contributed by atoms with Crippen LogP contribution >= 0.6 is 0 Å². The third kappa shape index (κ3) is 8.13. The molecule has 2 aliphatic rings. The maximum absolute atomic E-state index is 12.0. The van der Waals surface area contributed by atoms with Crippen LogP contribution in [0, 0.1) is 11.3 Å². The van der Waals surface area contributed by atoms with E-state index < -0.39 is 5.97 Å². The van der Waals surface area contributed by atoms with Gasteiger partial charge in [0.2, 0.25) is 0 Å². The molecule has 0 fully saturated rings. The number of carbonyl (C=O) groups is 1. The molecule has 0 unspecified atom stereocenters. The van der Waals surface area contributed by atoms with Crippen molar-refractivity contribution in [3.05, 3.63) is 74.4 Å². The molecule has 0 aliphatic carbocycles. The zero-order valence-electron chi connectivity index (χ0n) is 28.9. The number of aliphatic carboxylic acids is 1. The molecule has 244 valence electrons. The van der Waals surface area contributed by atoms with Gasteiger partial charge in [0, 0.05) is 0 Å². The number of nitrogens with zero attached hydrogens (tertiary/aromatic N) is 5. The minimum atomic E-state index is -1.26. The number of hydrogen-bond donors (Lipinski definition) is 1. The minimum Gasteiger partial charge on any atom is -0.657 e. The SMILES string of the molecule is CCCCc1c2nc(c(CCCC)c3cc(/C=C(/C#N)C(=O)O)c([n-]3)c(CCCC)c3nc(c(CCCC)c4ccc1[n-]4)C=C3)C=C2.[Zn+2]. The Balaban J connectivity index is 0.00000520. The van der Waals surface area contributed by atoms with Crippen molar-refractivity contribution in [2.45, 2.75) is 105 Å². The average molecular weight is 693 g/mol. The van der Waals surface area contributed by atoms with Crippen LogP contribution in [0.25, 0.3) is 52.4 Å². The van der Waals surface area contributed by atoms with Gasteiger partial charge < -0.3 is 15.1 Å². The Hall–Kier alpha value is -4.08. The summed E-state index contributed by atoms with van der Waals surface area (Å²) in [5.41, 5.74) is 11.4. The van der Waals surface area contributed by atoms with E-state index in [4.69, 9.17) is 19.9 Å². The Labute approximate surface area is 297 Å². The molecule has 5 heterocycles. The molecule has 1 N–H and O–H groups in total. The van der Waals surface area contributed by atoms with E-state index in [0.29, 0.717) is 11.1 Å². The van der Waals surface area contributed by atoms with Crippen LogP contribution in [-0.2, 0) is 50.0 Å². The third-order valence-corrected chi connectivity index (χ3v) is 8.94. The number of unbranched alkanes of at least 4 members (excludes halogenated alkanes) is 4. The number of carboxylic acid groups (broad SMARTS) is 1. The first kappa shape index (κ1) is 36.8. The number of carboxylic acids is 1. The smallest absolute Gasteiger partial charge is 0.657 e. The van der Waals surface area contributed by atoms with Gasteiger partial charge in [0.05, 0.1) is 22.8 Å². The monoisotopic (exact) mass is 691 g/mol. The topological polar surface area (TPSA) is 115 Å². The molecule has 0 atom stereocenters. The molecule has 3 aromatic heterocycles. The van der Waals surface area contributed by atoms with Gasteiger partial charge in [0.1, 0.15) is 11.6 Å². The summed E-state index contributed by atoms with van der Waals surface area (Å²) >= 11 is 0. The fourth-order valence-electron chi connectivity index (χ4n) is 6.28. The molecule has 48 heavy (non-hydrogen) atoms. The van der Waals surface area contributed by atoms with E-state index in [2.05, 4.69) is 64.1 Å². The first-order valence-electron chi connectivity index (χ1n) is 17.3. The maximum atomic E-state index is 12.0. The zero-order chi connectivity index (χ0) is 33.3. The van der Waals surface area contributed by atoms with Crippen molar-refractivity contribution in [2.75, 3.05) is 0 Å². The van der Waals surface area contributed by atoms with Crippen molar-refractivity contribution in [3.63, 3.8) is 0 Å². The number of aromatic nitrogens is 4. The average Bonchev–Trinajstić information content (AvgIpc) is 3.89. The molecule has 0 amide bonds. The van der Waals surface area contributed by atoms with Gasteiger partial charge >= 0.3 is 25.4 Å². The molecule has 8 bridgehead atoms. The van der Waals surface area contributed by atoms with Crippen LogP contribution in [0.2, 0.25) is 0 Å². The first-order valence-corrected chi connectivity index (χ1v) is 17.3. The summed E-state index contributed by atoms with van der Waals surface area (Å²) in [5.74, 6) is -1.26. The standard InChI is InChI=1S/C40H46N5O2.Zn/c1-5-9-13-28-32-17-18-33(42-32)29(14-10-6-2)35-21-22-37(44-35)31(16-12-8-4)39-26(23-27(25-41)40(46)47)24-38(45-39)30(15-11-7-3)36-20-19-34(28)43-36;/h17-24H,5-16H2,1-4H3,(H2-,42,43,44,45,46,47);/q-1;+2/p-1/b27-23-,32-28?,33-29?,34-28?,35-29?,36-30?,37-31?,38-30?,39-31?;. The van der Waals surface area contributed by atoms with E-state index in [1.807, 2.05) is 12.1 Å². The molecule has 3 aromatic rings. The number of fused-ring (bicyclic) bond motifs is 8. The normalized spacial score (nSPS) is 12.3. The summed E-state index contributed by atoms with van der Waals surface area (Å²) in [6.45, 7) is 8.72. The second-order valence-electron chi connectivity index (χ2n) is 12.4. The third-order valence-electron chi connectivity index (χ3n) is 8.94. The molecule has 0 aromatic carbocycles. The first-order chi connectivity index (χ1) is 22.9. The molecule has 0 saturated carbocycles. The predicted molar refractivity (Wildman–Crippen MR) is 192 cm³/mol. The summed E-state index contributed by atoms with van der Waals surface area (Å²) in [6, 6.07) is 8.08. The van der Waals surface area contributed by atoms with Gasteiger partial charge in [-0.05, 0) is 110 Å². The van der Waals surface area contributed by atoms with Crippen LogP contribution in [0.5, 0.6) is 0 Å². The molecule has 8 heteroatoms. The largest absolute Gasteiger partial charge is 2.00 e. The fraction of sp³-hybridized carbons (Fsp3) is 0.400. The van der Waals surface area contributed by atoms with Gasteiger partial charge in [-0.2, -0.15) is 5.26 Å². The van der Waals surface area contributed by atoms with E-state index in [-0.39, 0.29) is 25.1 Å². The van der Waals surface area contributed by atoms with Gasteiger partial charge in [0.15, 0.2) is 0 Å². The summed E-state index contributed by atoms with van der Waals surface area (Å²) in [7, 11) is 0. The van der Waals surface area contributed by atoms with Crippen molar-refractivity contribution in [3.8, 4) is 6.07 Å². The van der Waals surface area contributed by atoms with Crippen LogP contribution in [0.4, 0.5) is 0 Å². The summed E-state index contributed by atoms with van der Waals surface area (Å²) in [5, 5.41) is 19.5. The van der Waals surface area contributed by atoms with Crippen molar-refractivity contribution in [1.29, 1.82) is 5.26 Å². The number of nitriles is 1. The van der Waals surface area contributed by atoms with E-state index in [9.17, 15) is 15.2 Å². The van der Waals surface area contributed by atoms with E-state index in [1.54, 1.807) is 0 Å². The molecular weight excluding hydrogens is 648 g/mol. The molecule has 7 nitrogen and oxygen atoms in total. The minimum absolute atomic E-state index is 0. The van der Waals surface area contributed by atoms with E-state index in [1.165, 1.54) is 6.08 Å². The molecule has 0 spiro atoms. The second-order valence-corrected chi connectivity index (χ2v) is 12.4. The van der Waals surface area contributed by atoms with Gasteiger partial charge in [-0.15, -0.1) is 22.1 Å². The van der Waals surface area contributed by atoms with Crippen LogP contribution in [0.15, 0.2) is 23.8 Å². The van der Waals surface area contributed by atoms with Crippen LogP contribution in [0.1, 0.15) is 130 Å². The van der Waals surface area contributed by atoms with Crippen LogP contribution < -0.4 is 9.97 Å². The molecule has 0 radical (unpaired) electrons. The Bertz CT molecular complexity index is 1940. The predicted octanol–water partition coefficient (Wildman–Crippen LogP) is 9.27. The van der Waals surface area contributed by atoms with Crippen molar-refractivity contribution < 1.29 is 29.4 Å². The second kappa shape index (κ2) is 17.4. The van der Waals surface area contributed by atoms with Crippen LogP contribution in [-0.4, -0.2) is 21.0 Å². The maximum Gasteiger partial charge on any atom is 2.00 e. The van der Waals surface area contributed by atoms with Crippen molar-refractivity contribution in [1.82, 2.24) is 19.9 Å². The molecule has 2 aliphatic heterocycles. The summed E-state index contributed by atoms with van der Waals surface area (Å²) < 4.78 is 0. The molecule has 0 saturated heterocycles. The van der Waals surface area contributed by atoms with E-state index >= 15 is 0 Å². The zero-order valence-corrected chi connectivity index (χ0v) is 31.9. The van der Waals surface area contributed by atoms with Crippen molar-refractivity contribution in [2.24, 2.45) is 0 Å². The molecule has 5 rings (SSSR count). The number of hydrogen-bond acceptors (Lipinski definition) is 4. The van der Waals surface area contributed by atoms with Gasteiger partial charge in [0.25, 0.3) is 0 Å². The van der Waals surface area contributed by atoms with Gasteiger partial charge in [-0.1, -0.05) is 71.6 Å². The Morgan fingerprint density at radius 1 is 0.708 bits per heavy atom. The van der Waals surface area contributed by atoms with Crippen molar-refractivity contribution >= 4 is 58.4 Å². The van der Waals surface area contributed by atoms with Gasteiger partial charge in [-0.3, -0.25) is 0 Å². The Kier molecular flexibility index (Phi) is 13.3.